The van der Waals surface area contributed by atoms with Crippen molar-refractivity contribution in [2.75, 3.05) is 24.2 Å². The number of nitriles is 1. The summed E-state index contributed by atoms with van der Waals surface area (Å²) in [6.45, 7) is 3.41. The van der Waals surface area contributed by atoms with Gasteiger partial charge in [-0.05, 0) is 18.4 Å². The minimum Gasteiger partial charge on any atom is -0.321 e. The van der Waals surface area contributed by atoms with Crippen molar-refractivity contribution in [1.29, 1.82) is 5.26 Å². The largest absolute Gasteiger partial charge is 0.321 e. The van der Waals surface area contributed by atoms with Crippen LogP contribution < -0.4 is 5.32 Å². The zero-order chi connectivity index (χ0) is 24.8. The molecule has 0 amide bonds. The number of aromatic nitrogens is 6. The predicted molar refractivity (Wildman–Crippen MR) is 130 cm³/mol. The highest BCUT2D eigenvalue weighted by Gasteiger charge is 2.49. The quantitative estimate of drug-likeness (QED) is 0.394. The molecule has 180 valence electrons. The summed E-state index contributed by atoms with van der Waals surface area (Å²) in [7, 11) is -3.34. The van der Waals surface area contributed by atoms with Gasteiger partial charge in [0.2, 0.25) is 21.9 Å². The zero-order valence-electron chi connectivity index (χ0n) is 18.9. The van der Waals surface area contributed by atoms with Crippen LogP contribution in [-0.4, -0.2) is 67.0 Å². The lowest BCUT2D eigenvalue weighted by atomic mass is 9.89. The second-order valence-corrected chi connectivity index (χ2v) is 11.4. The number of hydrogen-bond acceptors (Lipinski definition) is 10. The summed E-state index contributed by atoms with van der Waals surface area (Å²) in [6.07, 6.45) is 6.66. The van der Waals surface area contributed by atoms with Gasteiger partial charge in [-0.15, -0.1) is 11.3 Å². The van der Waals surface area contributed by atoms with E-state index in [2.05, 4.69) is 31.6 Å². The third-order valence-electron chi connectivity index (χ3n) is 5.91. The number of carbonyl (C=O) groups excluding carboxylic acids is 1. The van der Waals surface area contributed by atoms with E-state index in [4.69, 9.17) is 0 Å². The summed E-state index contributed by atoms with van der Waals surface area (Å²) in [6, 6.07) is 4.06. The molecular formula is C21H21N9O3S2. The van der Waals surface area contributed by atoms with Gasteiger partial charge < -0.3 is 5.32 Å². The number of rotatable bonds is 7. The standard InChI is InChI=1S/C21H21N9O3S2/c1-3-35(32,33)28-12-21(13-28,5-6-22)30-10-15(8-24-30)18-19-17(4-7-34-19)26-20(27-18)25-16-9-23-29(11-16)14(2)31/h4,7-11H,3,5,12-13H2,1-2H3,(H,25,26,27). The van der Waals surface area contributed by atoms with Crippen molar-refractivity contribution < 1.29 is 13.2 Å². The molecule has 12 nitrogen and oxygen atoms in total. The Bertz CT molecular complexity index is 1570. The smallest absolute Gasteiger partial charge is 0.243 e. The highest BCUT2D eigenvalue weighted by atomic mass is 32.2. The second-order valence-electron chi connectivity index (χ2n) is 8.25. The van der Waals surface area contributed by atoms with Gasteiger partial charge in [-0.2, -0.15) is 19.8 Å². The Labute approximate surface area is 204 Å². The SMILES string of the molecule is CCS(=O)(=O)N1CC(CC#N)(n2cc(-c3nc(Nc4cnn(C(C)=O)c4)nc4ccsc34)cn2)C1. The first-order valence-corrected chi connectivity index (χ1v) is 13.2. The highest BCUT2D eigenvalue weighted by Crippen LogP contribution is 2.37. The number of carbonyl (C=O) groups is 1. The number of sulfonamides is 1. The van der Waals surface area contributed by atoms with Crippen molar-refractivity contribution in [3.05, 3.63) is 36.2 Å². The van der Waals surface area contributed by atoms with Crippen LogP contribution in [0.1, 0.15) is 25.1 Å². The lowest BCUT2D eigenvalue weighted by molar-refractivity contribution is 0.0719. The molecule has 1 aliphatic rings. The van der Waals surface area contributed by atoms with Crippen LogP contribution in [0.4, 0.5) is 11.6 Å². The van der Waals surface area contributed by atoms with Crippen LogP contribution in [0.5, 0.6) is 0 Å². The van der Waals surface area contributed by atoms with E-state index < -0.39 is 15.6 Å². The van der Waals surface area contributed by atoms with E-state index in [1.165, 1.54) is 33.4 Å². The Morgan fingerprint density at radius 2 is 2.06 bits per heavy atom. The molecule has 1 N–H and O–H groups in total. The van der Waals surface area contributed by atoms with Gasteiger partial charge in [0, 0.05) is 31.8 Å². The lowest BCUT2D eigenvalue weighted by Crippen LogP contribution is -2.64. The molecule has 1 fully saturated rings. The third-order valence-corrected chi connectivity index (χ3v) is 8.60. The van der Waals surface area contributed by atoms with Gasteiger partial charge in [0.15, 0.2) is 0 Å². The monoisotopic (exact) mass is 511 g/mol. The van der Waals surface area contributed by atoms with Crippen LogP contribution in [0, 0.1) is 11.3 Å². The molecular weight excluding hydrogens is 490 g/mol. The van der Waals surface area contributed by atoms with Gasteiger partial charge in [0.25, 0.3) is 0 Å². The van der Waals surface area contributed by atoms with Crippen LogP contribution in [-0.2, 0) is 15.6 Å². The molecule has 4 aromatic rings. The van der Waals surface area contributed by atoms with Crippen LogP contribution in [0.3, 0.4) is 0 Å². The van der Waals surface area contributed by atoms with Crippen molar-refractivity contribution >= 4 is 49.1 Å². The molecule has 0 saturated carbocycles. The molecule has 1 saturated heterocycles. The summed E-state index contributed by atoms with van der Waals surface area (Å²) >= 11 is 1.49. The maximum atomic E-state index is 12.2. The first kappa shape index (κ1) is 23.1. The van der Waals surface area contributed by atoms with E-state index in [-0.39, 0.29) is 31.2 Å². The average Bonchev–Trinajstić information content (AvgIpc) is 3.56. The zero-order valence-corrected chi connectivity index (χ0v) is 20.5. The highest BCUT2D eigenvalue weighted by molar-refractivity contribution is 7.89. The second kappa shape index (κ2) is 8.52. The fraction of sp³-hybridized carbons (Fsp3) is 0.333. The Morgan fingerprint density at radius 3 is 2.74 bits per heavy atom. The number of thiophene rings is 1. The van der Waals surface area contributed by atoms with Crippen LogP contribution in [0.2, 0.25) is 0 Å². The summed E-state index contributed by atoms with van der Waals surface area (Å²) < 4.78 is 29.6. The molecule has 0 aliphatic carbocycles. The van der Waals surface area contributed by atoms with Crippen molar-refractivity contribution in [3.8, 4) is 17.3 Å². The van der Waals surface area contributed by atoms with Gasteiger partial charge in [-0.25, -0.2) is 23.1 Å². The van der Waals surface area contributed by atoms with Gasteiger partial charge in [0.05, 0.1) is 58.4 Å². The van der Waals surface area contributed by atoms with E-state index >= 15 is 0 Å². The maximum absolute atomic E-state index is 12.2. The predicted octanol–water partition coefficient (Wildman–Crippen LogP) is 2.43. The van der Waals surface area contributed by atoms with Gasteiger partial charge in [-0.3, -0.25) is 9.48 Å². The average molecular weight is 512 g/mol. The van der Waals surface area contributed by atoms with E-state index in [0.29, 0.717) is 17.3 Å². The normalized spacial score (nSPS) is 15.6. The van der Waals surface area contributed by atoms with Crippen molar-refractivity contribution in [2.45, 2.75) is 25.8 Å². The van der Waals surface area contributed by atoms with E-state index in [0.717, 1.165) is 15.8 Å². The third kappa shape index (κ3) is 4.07. The lowest BCUT2D eigenvalue weighted by Gasteiger charge is -2.47. The van der Waals surface area contributed by atoms with Gasteiger partial charge >= 0.3 is 0 Å². The summed E-state index contributed by atoms with van der Waals surface area (Å²) in [4.78, 5) is 20.8. The first-order valence-electron chi connectivity index (χ1n) is 10.7. The minimum atomic E-state index is -3.34. The minimum absolute atomic E-state index is 0.0123. The molecule has 0 aromatic carbocycles. The Morgan fingerprint density at radius 1 is 1.26 bits per heavy atom. The molecule has 0 spiro atoms. The van der Waals surface area contributed by atoms with E-state index in [1.807, 2.05) is 11.4 Å². The molecule has 0 radical (unpaired) electrons. The molecule has 4 aromatic heterocycles. The summed E-state index contributed by atoms with van der Waals surface area (Å²) in [5.41, 5.74) is 1.96. The number of fused-ring (bicyclic) bond motifs is 1. The molecule has 14 heteroatoms. The Balaban J connectivity index is 1.48. The maximum Gasteiger partial charge on any atom is 0.243 e. The van der Waals surface area contributed by atoms with Gasteiger partial charge in [0.1, 0.15) is 5.54 Å². The number of hydrogen-bond donors (Lipinski definition) is 1. The Hall–Kier alpha value is -3.67. The number of nitrogens with one attached hydrogen (secondary N) is 1. The van der Waals surface area contributed by atoms with E-state index in [1.54, 1.807) is 30.2 Å². The fourth-order valence-corrected chi connectivity index (χ4v) is 6.06. The molecule has 5 heterocycles. The van der Waals surface area contributed by atoms with Gasteiger partial charge in [-0.1, -0.05) is 0 Å². The number of nitrogens with zero attached hydrogens (tertiary/aromatic N) is 8. The molecule has 0 unspecified atom stereocenters. The van der Waals surface area contributed by atoms with Crippen molar-refractivity contribution in [2.24, 2.45) is 0 Å². The summed E-state index contributed by atoms with van der Waals surface area (Å²) in [5.74, 6) is 0.128. The van der Waals surface area contributed by atoms with E-state index in [9.17, 15) is 18.5 Å². The molecule has 35 heavy (non-hydrogen) atoms. The molecule has 5 rings (SSSR count). The summed E-state index contributed by atoms with van der Waals surface area (Å²) in [5, 5.41) is 22.9. The molecule has 1 aliphatic heterocycles. The van der Waals surface area contributed by atoms with Crippen molar-refractivity contribution in [1.82, 2.24) is 33.8 Å². The van der Waals surface area contributed by atoms with Crippen LogP contribution >= 0.6 is 11.3 Å². The molecule has 0 atom stereocenters. The molecule has 0 bridgehead atoms. The van der Waals surface area contributed by atoms with Crippen LogP contribution in [0.25, 0.3) is 21.5 Å². The number of anilines is 2. The fourth-order valence-electron chi connectivity index (χ4n) is 3.98. The Kier molecular flexibility index (Phi) is 5.62. The topological polar surface area (TPSA) is 152 Å². The van der Waals surface area contributed by atoms with Crippen LogP contribution in [0.15, 0.2) is 36.2 Å². The first-order chi connectivity index (χ1) is 16.7. The van der Waals surface area contributed by atoms with Crippen molar-refractivity contribution in [3.63, 3.8) is 0 Å².